The smallest absolute Gasteiger partial charge is 0.262 e. The minimum Gasteiger partial charge on any atom is -0.373 e. The summed E-state index contributed by atoms with van der Waals surface area (Å²) < 4.78 is 7.32. The molecule has 186 valence electrons. The number of hydrogen-bond donors (Lipinski definition) is 2. The Morgan fingerprint density at radius 3 is 2.65 bits per heavy atom. The lowest BCUT2D eigenvalue weighted by Crippen LogP contribution is -2.35. The van der Waals surface area contributed by atoms with Crippen molar-refractivity contribution in [1.82, 2.24) is 34.4 Å². The zero-order valence-electron chi connectivity index (χ0n) is 20.2. The molecule has 5 aromatic rings. The van der Waals surface area contributed by atoms with Gasteiger partial charge in [0.2, 0.25) is 11.5 Å². The lowest BCUT2D eigenvalue weighted by molar-refractivity contribution is -0.144. The zero-order chi connectivity index (χ0) is 25.6. The number of likely N-dealkylation sites (N-methyl/N-ethyl adjacent to an activating group) is 1. The van der Waals surface area contributed by atoms with Gasteiger partial charge < -0.3 is 24.2 Å². The maximum absolute atomic E-state index is 12.4. The Hall–Kier alpha value is -4.64. The SMILES string of the molecule is C[C@H](Nc1nccc(-c2cccc(-c3cc(C4(O)CCN(C)C4=O)on3)n2)n1)c1ccn2ccnc2c1. The first kappa shape index (κ1) is 22.8. The second kappa shape index (κ2) is 8.79. The quantitative estimate of drug-likeness (QED) is 0.364. The molecule has 6 rings (SSSR count). The summed E-state index contributed by atoms with van der Waals surface area (Å²) in [5, 5.41) is 18.2. The molecule has 1 amide bonds. The summed E-state index contributed by atoms with van der Waals surface area (Å²) in [6.07, 6.45) is 7.56. The van der Waals surface area contributed by atoms with Gasteiger partial charge in [0.15, 0.2) is 5.76 Å². The summed E-state index contributed by atoms with van der Waals surface area (Å²) in [5.41, 5.74) is 2.42. The topological polar surface area (TPSA) is 135 Å². The fourth-order valence-electron chi connectivity index (χ4n) is 4.44. The molecule has 37 heavy (non-hydrogen) atoms. The monoisotopic (exact) mass is 496 g/mol. The van der Waals surface area contributed by atoms with Crippen molar-refractivity contribution in [2.45, 2.75) is 25.0 Å². The van der Waals surface area contributed by atoms with Crippen molar-refractivity contribution in [2.75, 3.05) is 18.9 Å². The number of aromatic nitrogens is 6. The van der Waals surface area contributed by atoms with Crippen LogP contribution in [0.2, 0.25) is 0 Å². The molecule has 1 fully saturated rings. The molecular formula is C26H24N8O3. The van der Waals surface area contributed by atoms with Crippen LogP contribution in [0.5, 0.6) is 0 Å². The molecule has 5 aromatic heterocycles. The average molecular weight is 497 g/mol. The number of pyridine rings is 2. The number of aliphatic hydroxyl groups is 1. The lowest BCUT2D eigenvalue weighted by Gasteiger charge is -2.16. The van der Waals surface area contributed by atoms with Crippen LogP contribution in [0, 0.1) is 0 Å². The van der Waals surface area contributed by atoms with Gasteiger partial charge in [-0.25, -0.2) is 19.9 Å². The van der Waals surface area contributed by atoms with Crippen molar-refractivity contribution in [2.24, 2.45) is 0 Å². The summed E-state index contributed by atoms with van der Waals surface area (Å²) in [5.74, 6) is 0.173. The van der Waals surface area contributed by atoms with Gasteiger partial charge in [0.1, 0.15) is 11.3 Å². The van der Waals surface area contributed by atoms with E-state index in [1.165, 1.54) is 4.90 Å². The summed E-state index contributed by atoms with van der Waals surface area (Å²) in [4.78, 5) is 31.9. The van der Waals surface area contributed by atoms with Gasteiger partial charge in [-0.05, 0) is 42.8 Å². The minimum atomic E-state index is -1.70. The molecule has 1 aliphatic rings. The average Bonchev–Trinajstić information content (AvgIpc) is 3.66. The molecule has 1 aliphatic heterocycles. The Morgan fingerprint density at radius 2 is 1.84 bits per heavy atom. The molecule has 1 saturated heterocycles. The van der Waals surface area contributed by atoms with E-state index >= 15 is 0 Å². The number of nitrogens with zero attached hydrogens (tertiary/aromatic N) is 7. The number of rotatable bonds is 6. The van der Waals surface area contributed by atoms with Gasteiger partial charge in [-0.1, -0.05) is 11.2 Å². The Labute approximate surface area is 211 Å². The van der Waals surface area contributed by atoms with E-state index in [-0.39, 0.29) is 18.2 Å². The molecule has 0 bridgehead atoms. The number of fused-ring (bicyclic) bond motifs is 1. The van der Waals surface area contributed by atoms with Gasteiger partial charge in [0.05, 0.1) is 23.1 Å². The third-order valence-corrected chi connectivity index (χ3v) is 6.62. The lowest BCUT2D eigenvalue weighted by atomic mass is 9.98. The molecule has 2 N–H and O–H groups in total. The molecule has 2 atom stereocenters. The van der Waals surface area contributed by atoms with E-state index in [1.54, 1.807) is 37.6 Å². The Morgan fingerprint density at radius 1 is 1.03 bits per heavy atom. The van der Waals surface area contributed by atoms with E-state index in [0.29, 0.717) is 35.3 Å². The van der Waals surface area contributed by atoms with Gasteiger partial charge in [-0.3, -0.25) is 4.79 Å². The van der Waals surface area contributed by atoms with Crippen LogP contribution in [-0.2, 0) is 10.4 Å². The highest BCUT2D eigenvalue weighted by Gasteiger charge is 2.48. The number of carbonyl (C=O) groups excluding carboxylic acids is 1. The largest absolute Gasteiger partial charge is 0.373 e. The summed E-state index contributed by atoms with van der Waals surface area (Å²) in [6.45, 7) is 2.48. The van der Waals surface area contributed by atoms with Crippen molar-refractivity contribution in [1.29, 1.82) is 0 Å². The van der Waals surface area contributed by atoms with E-state index in [2.05, 4.69) is 30.4 Å². The highest BCUT2D eigenvalue weighted by molar-refractivity contribution is 5.87. The molecule has 6 heterocycles. The first-order valence-corrected chi connectivity index (χ1v) is 11.9. The summed E-state index contributed by atoms with van der Waals surface area (Å²) in [6, 6.07) is 12.8. The van der Waals surface area contributed by atoms with Crippen LogP contribution < -0.4 is 5.32 Å². The van der Waals surface area contributed by atoms with E-state index in [9.17, 15) is 9.90 Å². The molecular weight excluding hydrogens is 472 g/mol. The van der Waals surface area contributed by atoms with E-state index in [1.807, 2.05) is 48.0 Å². The normalized spacial score (nSPS) is 18.5. The highest BCUT2D eigenvalue weighted by atomic mass is 16.5. The Balaban J connectivity index is 1.23. The Kier molecular flexibility index (Phi) is 5.41. The first-order valence-electron chi connectivity index (χ1n) is 11.9. The third kappa shape index (κ3) is 4.08. The van der Waals surface area contributed by atoms with E-state index < -0.39 is 11.5 Å². The van der Waals surface area contributed by atoms with Crippen LogP contribution in [0.1, 0.15) is 30.7 Å². The van der Waals surface area contributed by atoms with Crippen molar-refractivity contribution in [3.05, 3.63) is 78.6 Å². The molecule has 0 radical (unpaired) electrons. The van der Waals surface area contributed by atoms with Crippen LogP contribution >= 0.6 is 0 Å². The molecule has 0 saturated carbocycles. The number of amides is 1. The molecule has 0 aliphatic carbocycles. The van der Waals surface area contributed by atoms with Gasteiger partial charge in [0.25, 0.3) is 5.91 Å². The number of anilines is 1. The molecule has 0 spiro atoms. The number of carbonyl (C=O) groups is 1. The van der Waals surface area contributed by atoms with Crippen molar-refractivity contribution in [3.8, 4) is 22.8 Å². The predicted octanol–water partition coefficient (Wildman–Crippen LogP) is 3.06. The van der Waals surface area contributed by atoms with Crippen molar-refractivity contribution in [3.63, 3.8) is 0 Å². The fourth-order valence-corrected chi connectivity index (χ4v) is 4.44. The Bertz CT molecular complexity index is 1610. The second-order valence-corrected chi connectivity index (χ2v) is 9.11. The number of imidazole rings is 1. The van der Waals surface area contributed by atoms with Crippen LogP contribution in [0.25, 0.3) is 28.4 Å². The number of likely N-dealkylation sites (tertiary alicyclic amines) is 1. The minimum absolute atomic E-state index is 0.0482. The van der Waals surface area contributed by atoms with E-state index in [4.69, 9.17) is 4.52 Å². The first-order chi connectivity index (χ1) is 17.9. The number of nitrogens with one attached hydrogen (secondary N) is 1. The van der Waals surface area contributed by atoms with Crippen LogP contribution in [0.15, 0.2) is 71.8 Å². The maximum atomic E-state index is 12.4. The van der Waals surface area contributed by atoms with Crippen LogP contribution in [-0.4, -0.2) is 59.0 Å². The number of hydrogen-bond acceptors (Lipinski definition) is 9. The maximum Gasteiger partial charge on any atom is 0.262 e. The molecule has 11 heteroatoms. The second-order valence-electron chi connectivity index (χ2n) is 9.11. The highest BCUT2D eigenvalue weighted by Crippen LogP contribution is 2.34. The van der Waals surface area contributed by atoms with E-state index in [0.717, 1.165) is 11.2 Å². The zero-order valence-corrected chi connectivity index (χ0v) is 20.2. The third-order valence-electron chi connectivity index (χ3n) is 6.62. The van der Waals surface area contributed by atoms with Gasteiger partial charge in [0, 0.05) is 50.9 Å². The standard InChI is InChI=1S/C26H24N8O3/c1-16(17-7-11-34-13-10-27-23(34)14-17)29-25-28-9-6-20(31-25)18-4-3-5-19(30-18)21-15-22(37-32-21)26(36)8-12-33(2)24(26)35/h3-7,9-11,13-16,36H,8,12H2,1-2H3,(H,28,29,31)/t16-,26?/m0/s1. The summed E-state index contributed by atoms with van der Waals surface area (Å²) >= 11 is 0. The van der Waals surface area contributed by atoms with Crippen molar-refractivity contribution >= 4 is 17.5 Å². The predicted molar refractivity (Wildman–Crippen MR) is 134 cm³/mol. The van der Waals surface area contributed by atoms with Crippen LogP contribution in [0.4, 0.5) is 5.95 Å². The fraction of sp³-hybridized carbons (Fsp3) is 0.231. The molecule has 0 aromatic carbocycles. The van der Waals surface area contributed by atoms with Gasteiger partial charge in [-0.2, -0.15) is 0 Å². The van der Waals surface area contributed by atoms with Gasteiger partial charge in [-0.15, -0.1) is 0 Å². The molecule has 1 unspecified atom stereocenters. The van der Waals surface area contributed by atoms with Gasteiger partial charge >= 0.3 is 0 Å². The molecule has 11 nitrogen and oxygen atoms in total. The summed E-state index contributed by atoms with van der Waals surface area (Å²) in [7, 11) is 1.65. The van der Waals surface area contributed by atoms with Crippen molar-refractivity contribution < 1.29 is 14.4 Å². The van der Waals surface area contributed by atoms with Crippen LogP contribution in [0.3, 0.4) is 0 Å².